The minimum absolute atomic E-state index is 0.186. The van der Waals surface area contributed by atoms with Crippen molar-refractivity contribution in [2.45, 2.75) is 25.3 Å². The summed E-state index contributed by atoms with van der Waals surface area (Å²) in [7, 11) is 0. The Morgan fingerprint density at radius 2 is 1.89 bits per heavy atom. The number of benzene rings is 1. The van der Waals surface area contributed by atoms with Crippen LogP contribution in [-0.2, 0) is 4.79 Å². The number of amides is 1. The number of nitrogens with one attached hydrogen (secondary N) is 1. The van der Waals surface area contributed by atoms with Gasteiger partial charge >= 0.3 is 5.97 Å². The minimum atomic E-state index is -0.719. The number of hydrogen-bond donors (Lipinski definition) is 3. The molecule has 1 aromatic rings. The lowest BCUT2D eigenvalue weighted by atomic mass is 10.1. The van der Waals surface area contributed by atoms with Crippen molar-refractivity contribution >= 4 is 17.6 Å². The van der Waals surface area contributed by atoms with Crippen LogP contribution in [0.2, 0.25) is 0 Å². The largest absolute Gasteiger partial charge is 0.481 e. The monoisotopic (exact) mass is 248 g/mol. The van der Waals surface area contributed by atoms with Gasteiger partial charge in [-0.25, -0.2) is 0 Å². The Morgan fingerprint density at radius 1 is 1.22 bits per heavy atom. The van der Waals surface area contributed by atoms with Crippen molar-refractivity contribution in [3.05, 3.63) is 29.8 Å². The van der Waals surface area contributed by atoms with Gasteiger partial charge in [0.05, 0.1) is 5.92 Å². The van der Waals surface area contributed by atoms with Gasteiger partial charge in [0.2, 0.25) is 5.91 Å². The Morgan fingerprint density at radius 3 is 2.39 bits per heavy atom. The number of carboxylic acids is 1. The molecular weight excluding hydrogens is 232 g/mol. The van der Waals surface area contributed by atoms with Crippen molar-refractivity contribution in [1.82, 2.24) is 0 Å². The summed E-state index contributed by atoms with van der Waals surface area (Å²) in [6.45, 7) is 0. The lowest BCUT2D eigenvalue weighted by Crippen LogP contribution is -2.18. The Bertz CT molecular complexity index is 456. The molecule has 5 nitrogen and oxygen atoms in total. The molecule has 1 aliphatic rings. The topological polar surface area (TPSA) is 92.4 Å². The number of aliphatic carboxylic acids is 1. The third-order valence-corrected chi connectivity index (χ3v) is 3.32. The van der Waals surface area contributed by atoms with Crippen LogP contribution in [-0.4, -0.2) is 23.0 Å². The first-order chi connectivity index (χ1) is 8.56. The predicted octanol–water partition coefficient (Wildman–Crippen LogP) is 1.45. The molecule has 96 valence electrons. The Kier molecular flexibility index (Phi) is 3.50. The standard InChI is InChI=1S/C13H16N2O3/c14-12(16)8-1-4-10(5-2-8)15-11-6-3-9(7-11)13(17)18/h1-2,4-5,9,11,15H,3,6-7H2,(H2,14,16)(H,17,18)/t9-,11+/m1/s1. The molecule has 0 heterocycles. The smallest absolute Gasteiger partial charge is 0.306 e. The summed E-state index contributed by atoms with van der Waals surface area (Å²) in [4.78, 5) is 21.8. The summed E-state index contributed by atoms with van der Waals surface area (Å²) in [5, 5.41) is 12.2. The van der Waals surface area contributed by atoms with E-state index in [9.17, 15) is 9.59 Å². The molecule has 0 saturated heterocycles. The molecule has 4 N–H and O–H groups in total. The fourth-order valence-electron chi connectivity index (χ4n) is 2.30. The van der Waals surface area contributed by atoms with E-state index in [2.05, 4.69) is 5.32 Å². The zero-order valence-electron chi connectivity index (χ0n) is 9.93. The van der Waals surface area contributed by atoms with Gasteiger partial charge in [-0.2, -0.15) is 0 Å². The van der Waals surface area contributed by atoms with Gasteiger partial charge in [0.25, 0.3) is 0 Å². The minimum Gasteiger partial charge on any atom is -0.481 e. The average Bonchev–Trinajstić information content (AvgIpc) is 2.78. The van der Waals surface area contributed by atoms with Crippen LogP contribution < -0.4 is 11.1 Å². The van der Waals surface area contributed by atoms with E-state index >= 15 is 0 Å². The zero-order chi connectivity index (χ0) is 13.1. The quantitative estimate of drug-likeness (QED) is 0.752. The SMILES string of the molecule is NC(=O)c1ccc(N[C@H]2CC[C@@H](C(=O)O)C2)cc1. The van der Waals surface area contributed by atoms with E-state index in [0.717, 1.165) is 12.1 Å². The molecule has 0 aliphatic heterocycles. The molecule has 1 amide bonds. The fraction of sp³-hybridized carbons (Fsp3) is 0.385. The van der Waals surface area contributed by atoms with Crippen molar-refractivity contribution in [2.24, 2.45) is 11.7 Å². The maximum atomic E-state index is 10.9. The first kappa shape index (κ1) is 12.4. The van der Waals surface area contributed by atoms with Gasteiger partial charge in [-0.1, -0.05) is 0 Å². The van der Waals surface area contributed by atoms with E-state index in [1.165, 1.54) is 0 Å². The van der Waals surface area contributed by atoms with Gasteiger partial charge in [0.15, 0.2) is 0 Å². The molecule has 0 unspecified atom stereocenters. The second-order valence-corrected chi connectivity index (χ2v) is 4.63. The van der Waals surface area contributed by atoms with Crippen LogP contribution in [0.15, 0.2) is 24.3 Å². The van der Waals surface area contributed by atoms with E-state index < -0.39 is 11.9 Å². The first-order valence-corrected chi connectivity index (χ1v) is 5.95. The summed E-state index contributed by atoms with van der Waals surface area (Å²) < 4.78 is 0. The van der Waals surface area contributed by atoms with Gasteiger partial charge in [0, 0.05) is 17.3 Å². The molecule has 1 aromatic carbocycles. The third kappa shape index (κ3) is 2.80. The van der Waals surface area contributed by atoms with Crippen LogP contribution in [0.25, 0.3) is 0 Å². The number of hydrogen-bond acceptors (Lipinski definition) is 3. The third-order valence-electron chi connectivity index (χ3n) is 3.32. The van der Waals surface area contributed by atoms with Crippen molar-refractivity contribution < 1.29 is 14.7 Å². The van der Waals surface area contributed by atoms with Gasteiger partial charge in [0.1, 0.15) is 0 Å². The zero-order valence-corrected chi connectivity index (χ0v) is 9.93. The highest BCUT2D eigenvalue weighted by Crippen LogP contribution is 2.28. The Labute approximate surface area is 105 Å². The highest BCUT2D eigenvalue weighted by molar-refractivity contribution is 5.93. The maximum Gasteiger partial charge on any atom is 0.306 e. The van der Waals surface area contributed by atoms with E-state index in [1.807, 2.05) is 0 Å². The van der Waals surface area contributed by atoms with Crippen LogP contribution in [0.4, 0.5) is 5.69 Å². The molecule has 5 heteroatoms. The van der Waals surface area contributed by atoms with Crippen LogP contribution in [0.3, 0.4) is 0 Å². The van der Waals surface area contributed by atoms with E-state index in [1.54, 1.807) is 24.3 Å². The number of carbonyl (C=O) groups excluding carboxylic acids is 1. The molecule has 18 heavy (non-hydrogen) atoms. The number of nitrogens with two attached hydrogens (primary N) is 1. The second-order valence-electron chi connectivity index (χ2n) is 4.63. The van der Waals surface area contributed by atoms with Gasteiger partial charge in [-0.3, -0.25) is 9.59 Å². The summed E-state index contributed by atoms with van der Waals surface area (Å²) in [5.74, 6) is -1.41. The molecule has 2 atom stereocenters. The number of primary amides is 1. The molecular formula is C13H16N2O3. The molecule has 2 rings (SSSR count). The summed E-state index contributed by atoms with van der Waals surface area (Å²) in [6, 6.07) is 7.08. The van der Waals surface area contributed by atoms with E-state index in [4.69, 9.17) is 10.8 Å². The highest BCUT2D eigenvalue weighted by atomic mass is 16.4. The van der Waals surface area contributed by atoms with E-state index in [-0.39, 0.29) is 12.0 Å². The normalized spacial score (nSPS) is 22.7. The predicted molar refractivity (Wildman–Crippen MR) is 67.3 cm³/mol. The summed E-state index contributed by atoms with van der Waals surface area (Å²) in [5.41, 5.74) is 6.51. The Hall–Kier alpha value is -2.04. The number of carboxylic acid groups (broad SMARTS) is 1. The first-order valence-electron chi connectivity index (χ1n) is 5.95. The van der Waals surface area contributed by atoms with Crippen LogP contribution in [0.1, 0.15) is 29.6 Å². The van der Waals surface area contributed by atoms with Crippen molar-refractivity contribution in [2.75, 3.05) is 5.32 Å². The number of anilines is 1. The molecule has 1 fully saturated rings. The van der Waals surface area contributed by atoms with Crippen molar-refractivity contribution in [3.63, 3.8) is 0 Å². The summed E-state index contributed by atoms with van der Waals surface area (Å²) in [6.07, 6.45) is 2.22. The number of rotatable bonds is 4. The summed E-state index contributed by atoms with van der Waals surface area (Å²) >= 11 is 0. The maximum absolute atomic E-state index is 10.9. The van der Waals surface area contributed by atoms with Crippen LogP contribution in [0.5, 0.6) is 0 Å². The number of carbonyl (C=O) groups is 2. The average molecular weight is 248 g/mol. The van der Waals surface area contributed by atoms with Gasteiger partial charge < -0.3 is 16.2 Å². The van der Waals surface area contributed by atoms with Crippen molar-refractivity contribution in [3.8, 4) is 0 Å². The van der Waals surface area contributed by atoms with Gasteiger partial charge in [-0.15, -0.1) is 0 Å². The molecule has 0 bridgehead atoms. The highest BCUT2D eigenvalue weighted by Gasteiger charge is 2.29. The second kappa shape index (κ2) is 5.08. The van der Waals surface area contributed by atoms with Gasteiger partial charge in [-0.05, 0) is 43.5 Å². The lowest BCUT2D eigenvalue weighted by molar-refractivity contribution is -0.141. The fourth-order valence-corrected chi connectivity index (χ4v) is 2.30. The molecule has 0 aromatic heterocycles. The molecule has 0 radical (unpaired) electrons. The van der Waals surface area contributed by atoms with Crippen molar-refractivity contribution in [1.29, 1.82) is 0 Å². The van der Waals surface area contributed by atoms with Crippen LogP contribution in [0, 0.1) is 5.92 Å². The molecule has 1 aliphatic carbocycles. The van der Waals surface area contributed by atoms with Crippen LogP contribution >= 0.6 is 0 Å². The molecule has 0 spiro atoms. The Balaban J connectivity index is 1.94. The lowest BCUT2D eigenvalue weighted by Gasteiger charge is -2.14. The molecule has 1 saturated carbocycles. The van der Waals surface area contributed by atoms with E-state index in [0.29, 0.717) is 18.4 Å².